The van der Waals surface area contributed by atoms with Crippen LogP contribution in [0.15, 0.2) is 12.1 Å². The maximum atomic E-state index is 12.6. The Morgan fingerprint density at radius 2 is 2.18 bits per heavy atom. The van der Waals surface area contributed by atoms with Crippen LogP contribution in [-0.4, -0.2) is 48.2 Å². The van der Waals surface area contributed by atoms with Gasteiger partial charge in [0, 0.05) is 12.1 Å². The average molecular weight is 328 g/mol. The largest absolute Gasteiger partial charge is 0.493 e. The molecule has 1 amide bonds. The molecule has 0 spiro atoms. The second kappa shape index (κ2) is 6.87. The molecule has 1 aromatic carbocycles. The molecule has 7 heteroatoms. The summed E-state index contributed by atoms with van der Waals surface area (Å²) in [6.07, 6.45) is 1.13. The second-order valence-electron chi connectivity index (χ2n) is 4.92. The van der Waals surface area contributed by atoms with Crippen molar-refractivity contribution in [1.29, 1.82) is 0 Å². The Balaban J connectivity index is 2.34. The number of hydrogen-bond acceptors (Lipinski definition) is 4. The van der Waals surface area contributed by atoms with Gasteiger partial charge in [-0.3, -0.25) is 4.79 Å². The molecule has 1 aromatic rings. The first-order valence-electron chi connectivity index (χ1n) is 7.03. The van der Waals surface area contributed by atoms with Crippen LogP contribution in [0, 0.1) is 0 Å². The van der Waals surface area contributed by atoms with E-state index in [1.807, 2.05) is 6.92 Å². The van der Waals surface area contributed by atoms with E-state index in [1.54, 1.807) is 0 Å². The summed E-state index contributed by atoms with van der Waals surface area (Å²) < 4.78 is 10.6. The van der Waals surface area contributed by atoms with Crippen molar-refractivity contribution in [3.8, 4) is 11.5 Å². The van der Waals surface area contributed by atoms with Gasteiger partial charge in [-0.1, -0.05) is 11.6 Å². The number of carboxylic acids is 1. The number of aliphatic carboxylic acids is 1. The van der Waals surface area contributed by atoms with Gasteiger partial charge in [0.25, 0.3) is 5.91 Å². The van der Waals surface area contributed by atoms with Gasteiger partial charge in [0.15, 0.2) is 11.5 Å². The molecule has 2 rings (SSSR count). The van der Waals surface area contributed by atoms with Crippen molar-refractivity contribution in [2.45, 2.75) is 25.8 Å². The normalized spacial score (nSPS) is 17.4. The van der Waals surface area contributed by atoms with E-state index in [9.17, 15) is 14.7 Å². The number of rotatable bonds is 5. The molecular formula is C15H18ClNO5. The lowest BCUT2D eigenvalue weighted by Crippen LogP contribution is -2.40. The third-order valence-electron chi connectivity index (χ3n) is 3.56. The van der Waals surface area contributed by atoms with E-state index in [2.05, 4.69) is 0 Å². The zero-order valence-corrected chi connectivity index (χ0v) is 13.2. The Bertz CT molecular complexity index is 590. The van der Waals surface area contributed by atoms with E-state index in [0.717, 1.165) is 0 Å². The summed E-state index contributed by atoms with van der Waals surface area (Å²) in [7, 11) is 1.46. The quantitative estimate of drug-likeness (QED) is 0.899. The Hall–Kier alpha value is -1.95. The molecule has 0 bridgehead atoms. The summed E-state index contributed by atoms with van der Waals surface area (Å²) in [4.78, 5) is 25.1. The minimum Gasteiger partial charge on any atom is -0.493 e. The van der Waals surface area contributed by atoms with E-state index in [4.69, 9.17) is 21.1 Å². The van der Waals surface area contributed by atoms with Gasteiger partial charge in [-0.15, -0.1) is 0 Å². The fourth-order valence-corrected chi connectivity index (χ4v) is 2.83. The molecule has 1 fully saturated rings. The molecule has 6 nitrogen and oxygen atoms in total. The van der Waals surface area contributed by atoms with Crippen LogP contribution in [0.1, 0.15) is 30.1 Å². The summed E-state index contributed by atoms with van der Waals surface area (Å²) in [5.41, 5.74) is 0.290. The molecule has 22 heavy (non-hydrogen) atoms. The first-order valence-corrected chi connectivity index (χ1v) is 7.41. The van der Waals surface area contributed by atoms with Crippen LogP contribution < -0.4 is 9.47 Å². The molecule has 0 saturated carbocycles. The number of hydrogen-bond donors (Lipinski definition) is 1. The van der Waals surface area contributed by atoms with Crippen molar-refractivity contribution in [3.63, 3.8) is 0 Å². The fourth-order valence-electron chi connectivity index (χ4n) is 2.56. The van der Waals surface area contributed by atoms with Crippen molar-refractivity contribution in [1.82, 2.24) is 4.90 Å². The average Bonchev–Trinajstić information content (AvgIpc) is 2.98. The zero-order chi connectivity index (χ0) is 16.3. The molecule has 0 radical (unpaired) electrons. The van der Waals surface area contributed by atoms with Gasteiger partial charge in [-0.25, -0.2) is 4.79 Å². The lowest BCUT2D eigenvalue weighted by Gasteiger charge is -2.22. The molecular weight excluding hydrogens is 310 g/mol. The summed E-state index contributed by atoms with van der Waals surface area (Å²) in [6, 6.07) is 2.22. The van der Waals surface area contributed by atoms with Crippen LogP contribution in [0.3, 0.4) is 0 Å². The van der Waals surface area contributed by atoms with Crippen LogP contribution in [0.25, 0.3) is 0 Å². The van der Waals surface area contributed by atoms with Gasteiger partial charge in [0.2, 0.25) is 0 Å². The van der Waals surface area contributed by atoms with Gasteiger partial charge < -0.3 is 19.5 Å². The van der Waals surface area contributed by atoms with Gasteiger partial charge in [0.1, 0.15) is 6.04 Å². The van der Waals surface area contributed by atoms with Crippen LogP contribution in [0.4, 0.5) is 0 Å². The van der Waals surface area contributed by atoms with E-state index >= 15 is 0 Å². The minimum atomic E-state index is -0.991. The highest BCUT2D eigenvalue weighted by Gasteiger charge is 2.34. The van der Waals surface area contributed by atoms with Crippen molar-refractivity contribution in [3.05, 3.63) is 22.7 Å². The monoisotopic (exact) mass is 327 g/mol. The topological polar surface area (TPSA) is 76.1 Å². The number of carbonyl (C=O) groups excluding carboxylic acids is 1. The molecule has 0 aliphatic carbocycles. The summed E-state index contributed by atoms with van der Waals surface area (Å²) in [6.45, 7) is 2.65. The van der Waals surface area contributed by atoms with Crippen molar-refractivity contribution in [2.75, 3.05) is 20.3 Å². The summed E-state index contributed by atoms with van der Waals surface area (Å²) in [5.74, 6) is -0.633. The predicted octanol–water partition coefficient (Wildman–Crippen LogP) is 2.44. The van der Waals surface area contributed by atoms with Gasteiger partial charge in [-0.05, 0) is 31.9 Å². The molecule has 1 aliphatic heterocycles. The van der Waals surface area contributed by atoms with E-state index in [-0.39, 0.29) is 10.9 Å². The molecule has 1 heterocycles. The highest BCUT2D eigenvalue weighted by atomic mass is 35.5. The van der Waals surface area contributed by atoms with Gasteiger partial charge in [0.05, 0.1) is 18.7 Å². The summed E-state index contributed by atoms with van der Waals surface area (Å²) >= 11 is 6.15. The fraction of sp³-hybridized carbons (Fsp3) is 0.467. The lowest BCUT2D eigenvalue weighted by atomic mass is 10.1. The number of carboxylic acid groups (broad SMARTS) is 1. The molecule has 0 aromatic heterocycles. The number of benzene rings is 1. The van der Waals surface area contributed by atoms with Crippen LogP contribution in [-0.2, 0) is 4.79 Å². The van der Waals surface area contributed by atoms with Gasteiger partial charge >= 0.3 is 5.97 Å². The first kappa shape index (κ1) is 16.4. The SMILES string of the molecule is CCOc1c(Cl)cc(C(=O)N2CCC[C@@H]2C(=O)O)cc1OC. The lowest BCUT2D eigenvalue weighted by molar-refractivity contribution is -0.141. The second-order valence-corrected chi connectivity index (χ2v) is 5.32. The Kier molecular flexibility index (Phi) is 5.13. The number of likely N-dealkylation sites (tertiary alicyclic amines) is 1. The number of methoxy groups -OCH3 is 1. The van der Waals surface area contributed by atoms with E-state index < -0.39 is 12.0 Å². The smallest absolute Gasteiger partial charge is 0.326 e. The van der Waals surface area contributed by atoms with Crippen molar-refractivity contribution >= 4 is 23.5 Å². The maximum absolute atomic E-state index is 12.6. The van der Waals surface area contributed by atoms with E-state index in [0.29, 0.717) is 43.1 Å². The highest BCUT2D eigenvalue weighted by molar-refractivity contribution is 6.32. The minimum absolute atomic E-state index is 0.260. The molecule has 120 valence electrons. The Morgan fingerprint density at radius 3 is 2.77 bits per heavy atom. The number of ether oxygens (including phenoxy) is 2. The maximum Gasteiger partial charge on any atom is 0.326 e. The van der Waals surface area contributed by atoms with Crippen molar-refractivity contribution < 1.29 is 24.2 Å². The molecule has 1 atom stereocenters. The Morgan fingerprint density at radius 1 is 1.45 bits per heavy atom. The van der Waals surface area contributed by atoms with Crippen LogP contribution >= 0.6 is 11.6 Å². The third kappa shape index (κ3) is 3.11. The van der Waals surface area contributed by atoms with Crippen LogP contribution in [0.2, 0.25) is 5.02 Å². The molecule has 1 N–H and O–H groups in total. The molecule has 0 unspecified atom stereocenters. The predicted molar refractivity (Wildman–Crippen MR) is 80.9 cm³/mol. The zero-order valence-electron chi connectivity index (χ0n) is 12.5. The van der Waals surface area contributed by atoms with E-state index in [1.165, 1.54) is 24.1 Å². The summed E-state index contributed by atoms with van der Waals surface area (Å²) in [5, 5.41) is 9.44. The van der Waals surface area contributed by atoms with Crippen molar-refractivity contribution in [2.24, 2.45) is 0 Å². The Labute approximate surface area is 133 Å². The van der Waals surface area contributed by atoms with Gasteiger partial charge in [-0.2, -0.15) is 0 Å². The first-order chi connectivity index (χ1) is 10.5. The highest BCUT2D eigenvalue weighted by Crippen LogP contribution is 2.37. The number of nitrogens with zero attached hydrogens (tertiary/aromatic N) is 1. The number of halogens is 1. The number of amides is 1. The standard InChI is InChI=1S/C15H18ClNO5/c1-3-22-13-10(16)7-9(8-12(13)21-2)14(18)17-6-4-5-11(17)15(19)20/h7-8,11H,3-6H2,1-2H3,(H,19,20)/t11-/m1/s1. The molecule has 1 aliphatic rings. The van der Waals surface area contributed by atoms with Crippen LogP contribution in [0.5, 0.6) is 11.5 Å². The number of carbonyl (C=O) groups is 2. The molecule has 1 saturated heterocycles. The third-order valence-corrected chi connectivity index (χ3v) is 3.84.